The van der Waals surface area contributed by atoms with Crippen molar-refractivity contribution in [1.29, 1.82) is 0 Å². The normalized spacial score (nSPS) is 24.4. The van der Waals surface area contributed by atoms with Crippen molar-refractivity contribution in [3.63, 3.8) is 0 Å². The van der Waals surface area contributed by atoms with Crippen LogP contribution in [0, 0.1) is 11.8 Å². The topological polar surface area (TPSA) is 93.7 Å². The van der Waals surface area contributed by atoms with E-state index in [9.17, 15) is 14.4 Å². The van der Waals surface area contributed by atoms with Gasteiger partial charge in [-0.25, -0.2) is 4.79 Å². The van der Waals surface area contributed by atoms with E-state index in [4.69, 9.17) is 9.47 Å². The molecule has 134 valence electrons. The largest absolute Gasteiger partial charge is 0.465 e. The van der Waals surface area contributed by atoms with E-state index in [-0.39, 0.29) is 29.8 Å². The lowest BCUT2D eigenvalue weighted by atomic mass is 10.1. The van der Waals surface area contributed by atoms with Gasteiger partial charge in [0.1, 0.15) is 0 Å². The summed E-state index contributed by atoms with van der Waals surface area (Å²) in [5, 5.41) is 5.58. The minimum absolute atomic E-state index is 0.0851. The van der Waals surface area contributed by atoms with E-state index >= 15 is 0 Å². The fraction of sp³-hybridized carbons (Fsp3) is 0.500. The minimum atomic E-state index is -0.516. The number of esters is 1. The zero-order chi connectivity index (χ0) is 17.8. The van der Waals surface area contributed by atoms with E-state index in [0.29, 0.717) is 24.2 Å². The predicted octanol–water partition coefficient (Wildman–Crippen LogP) is 1.34. The summed E-state index contributed by atoms with van der Waals surface area (Å²) in [6, 6.07) is 6.64. The zero-order valence-corrected chi connectivity index (χ0v) is 14.1. The van der Waals surface area contributed by atoms with Crippen molar-refractivity contribution in [2.45, 2.75) is 25.4 Å². The van der Waals surface area contributed by atoms with Gasteiger partial charge in [-0.1, -0.05) is 12.1 Å². The van der Waals surface area contributed by atoms with Gasteiger partial charge in [0.2, 0.25) is 11.8 Å². The lowest BCUT2D eigenvalue weighted by molar-refractivity contribution is -0.125. The number of amides is 2. The van der Waals surface area contributed by atoms with Gasteiger partial charge in [-0.05, 0) is 31.4 Å². The first kappa shape index (κ1) is 17.4. The Morgan fingerprint density at radius 3 is 2.68 bits per heavy atom. The second-order valence-electron chi connectivity index (χ2n) is 6.36. The Bertz CT molecular complexity index is 669. The molecule has 3 rings (SSSR count). The highest BCUT2D eigenvalue weighted by molar-refractivity contribution is 6.04. The first-order valence-electron chi connectivity index (χ1n) is 8.47. The van der Waals surface area contributed by atoms with Crippen molar-refractivity contribution in [3.05, 3.63) is 29.8 Å². The maximum absolute atomic E-state index is 12.3. The van der Waals surface area contributed by atoms with Gasteiger partial charge in [0.05, 0.1) is 36.3 Å². The molecule has 1 aliphatic heterocycles. The minimum Gasteiger partial charge on any atom is -0.465 e. The van der Waals surface area contributed by atoms with Gasteiger partial charge in [-0.15, -0.1) is 0 Å². The lowest BCUT2D eigenvalue weighted by Crippen LogP contribution is -2.33. The van der Waals surface area contributed by atoms with Crippen LogP contribution < -0.4 is 10.6 Å². The molecule has 3 atom stereocenters. The summed E-state index contributed by atoms with van der Waals surface area (Å²) in [6.45, 7) is 1.24. The third-order valence-electron chi connectivity index (χ3n) is 4.58. The number of anilines is 1. The summed E-state index contributed by atoms with van der Waals surface area (Å²) in [5.41, 5.74) is 0.683. The molecule has 1 heterocycles. The molecule has 25 heavy (non-hydrogen) atoms. The molecule has 2 fully saturated rings. The number of ether oxygens (including phenoxy) is 2. The van der Waals surface area contributed by atoms with E-state index in [1.54, 1.807) is 24.3 Å². The van der Waals surface area contributed by atoms with Crippen LogP contribution in [0.4, 0.5) is 5.69 Å². The number of nitrogens with one attached hydrogen (secondary N) is 2. The van der Waals surface area contributed by atoms with Crippen molar-refractivity contribution in [2.75, 3.05) is 25.6 Å². The molecule has 0 bridgehead atoms. The number of carbonyl (C=O) groups excluding carboxylic acids is 3. The third kappa shape index (κ3) is 4.17. The molecule has 1 saturated carbocycles. The second-order valence-corrected chi connectivity index (χ2v) is 6.36. The van der Waals surface area contributed by atoms with Gasteiger partial charge in [0.25, 0.3) is 0 Å². The Hall–Kier alpha value is -2.41. The second kappa shape index (κ2) is 7.65. The van der Waals surface area contributed by atoms with Crippen LogP contribution in [0.25, 0.3) is 0 Å². The Labute approximate surface area is 146 Å². The molecule has 1 aromatic rings. The average Bonchev–Trinajstić information content (AvgIpc) is 3.27. The van der Waals surface area contributed by atoms with Crippen LogP contribution in [-0.4, -0.2) is 44.1 Å². The van der Waals surface area contributed by atoms with E-state index < -0.39 is 5.97 Å². The molecular formula is C18H22N2O5. The number of para-hydroxylation sites is 1. The Morgan fingerprint density at radius 2 is 1.96 bits per heavy atom. The van der Waals surface area contributed by atoms with E-state index in [1.165, 1.54) is 7.11 Å². The smallest absolute Gasteiger partial charge is 0.339 e. The molecule has 0 radical (unpaired) electrons. The van der Waals surface area contributed by atoms with Gasteiger partial charge in [-0.3, -0.25) is 9.59 Å². The molecule has 1 aromatic carbocycles. The molecule has 0 spiro atoms. The quantitative estimate of drug-likeness (QED) is 0.758. The highest BCUT2D eigenvalue weighted by Crippen LogP contribution is 2.39. The number of carbonyl (C=O) groups is 3. The van der Waals surface area contributed by atoms with Crippen LogP contribution in [0.1, 0.15) is 29.6 Å². The first-order chi connectivity index (χ1) is 12.1. The van der Waals surface area contributed by atoms with Gasteiger partial charge in [-0.2, -0.15) is 0 Å². The van der Waals surface area contributed by atoms with Gasteiger partial charge < -0.3 is 20.1 Å². The molecule has 2 aliphatic rings. The zero-order valence-electron chi connectivity index (χ0n) is 14.1. The highest BCUT2D eigenvalue weighted by Gasteiger charge is 2.48. The maximum Gasteiger partial charge on any atom is 0.339 e. The van der Waals surface area contributed by atoms with Gasteiger partial charge >= 0.3 is 5.97 Å². The number of hydrogen-bond donors (Lipinski definition) is 2. The molecule has 2 amide bonds. The van der Waals surface area contributed by atoms with Crippen LogP contribution in [0.3, 0.4) is 0 Å². The molecular weight excluding hydrogens is 324 g/mol. The van der Waals surface area contributed by atoms with Crippen LogP contribution >= 0.6 is 0 Å². The Morgan fingerprint density at radius 1 is 1.20 bits per heavy atom. The summed E-state index contributed by atoms with van der Waals surface area (Å²) in [7, 11) is 1.29. The predicted molar refractivity (Wildman–Crippen MR) is 90.0 cm³/mol. The molecule has 1 aliphatic carbocycles. The summed E-state index contributed by atoms with van der Waals surface area (Å²) in [5.74, 6) is -1.56. The number of hydrogen-bond acceptors (Lipinski definition) is 5. The average molecular weight is 346 g/mol. The van der Waals surface area contributed by atoms with Gasteiger partial charge in [0, 0.05) is 13.2 Å². The standard InChI is InChI=1S/C18H22N2O5/c1-24-18(23)12-6-2-3-7-15(12)20-17(22)14-9-13(14)16(21)19-10-11-5-4-8-25-11/h2-3,6-7,11,13-14H,4-5,8-10H2,1H3,(H,19,21)(H,20,22). The van der Waals surface area contributed by atoms with E-state index in [2.05, 4.69) is 10.6 Å². The lowest BCUT2D eigenvalue weighted by Gasteiger charge is -2.11. The summed E-state index contributed by atoms with van der Waals surface area (Å²) in [6.07, 6.45) is 2.58. The Kier molecular flexibility index (Phi) is 5.33. The van der Waals surface area contributed by atoms with Crippen LogP contribution in [-0.2, 0) is 19.1 Å². The summed E-state index contributed by atoms with van der Waals surface area (Å²) >= 11 is 0. The van der Waals surface area contributed by atoms with Crippen LogP contribution in [0.5, 0.6) is 0 Å². The van der Waals surface area contributed by atoms with Crippen LogP contribution in [0.15, 0.2) is 24.3 Å². The number of methoxy groups -OCH3 is 1. The fourth-order valence-corrected chi connectivity index (χ4v) is 3.03. The third-order valence-corrected chi connectivity index (χ3v) is 4.58. The molecule has 3 unspecified atom stereocenters. The molecule has 1 saturated heterocycles. The highest BCUT2D eigenvalue weighted by atomic mass is 16.5. The van der Waals surface area contributed by atoms with E-state index in [1.807, 2.05) is 0 Å². The Balaban J connectivity index is 1.51. The van der Waals surface area contributed by atoms with Crippen molar-refractivity contribution < 1.29 is 23.9 Å². The molecule has 0 aromatic heterocycles. The monoisotopic (exact) mass is 346 g/mol. The van der Waals surface area contributed by atoms with Crippen LogP contribution in [0.2, 0.25) is 0 Å². The molecule has 2 N–H and O–H groups in total. The van der Waals surface area contributed by atoms with Gasteiger partial charge in [0.15, 0.2) is 0 Å². The van der Waals surface area contributed by atoms with Crippen molar-refractivity contribution in [2.24, 2.45) is 11.8 Å². The first-order valence-corrected chi connectivity index (χ1v) is 8.47. The summed E-state index contributed by atoms with van der Waals surface area (Å²) in [4.78, 5) is 36.2. The molecule has 7 nitrogen and oxygen atoms in total. The SMILES string of the molecule is COC(=O)c1ccccc1NC(=O)C1CC1C(=O)NCC1CCCO1. The van der Waals surface area contributed by atoms with Crippen molar-refractivity contribution in [1.82, 2.24) is 5.32 Å². The fourth-order valence-electron chi connectivity index (χ4n) is 3.03. The number of rotatable bonds is 6. The van der Waals surface area contributed by atoms with Crippen molar-refractivity contribution in [3.8, 4) is 0 Å². The number of benzene rings is 1. The summed E-state index contributed by atoms with van der Waals surface area (Å²) < 4.78 is 10.2. The molecule has 7 heteroatoms. The van der Waals surface area contributed by atoms with Crippen molar-refractivity contribution >= 4 is 23.5 Å². The maximum atomic E-state index is 12.3. The van der Waals surface area contributed by atoms with E-state index in [0.717, 1.165) is 19.4 Å².